The molecule has 18 heavy (non-hydrogen) atoms. The first-order chi connectivity index (χ1) is 8.63. The number of carbonyl (C=O) groups is 1. The Kier molecular flexibility index (Phi) is 4.28. The quantitative estimate of drug-likeness (QED) is 0.595. The van der Waals surface area contributed by atoms with Gasteiger partial charge in [0.15, 0.2) is 5.78 Å². The molecule has 2 nitrogen and oxygen atoms in total. The van der Waals surface area contributed by atoms with E-state index in [1.165, 1.54) is 37.1 Å². The maximum atomic E-state index is 11.2. The summed E-state index contributed by atoms with van der Waals surface area (Å²) in [6.45, 7) is 4.28. The van der Waals surface area contributed by atoms with Crippen LogP contribution in [0.1, 0.15) is 48.7 Å². The molecule has 1 aliphatic carbocycles. The van der Waals surface area contributed by atoms with E-state index in [0.29, 0.717) is 6.04 Å². The molecule has 1 fully saturated rings. The molecule has 0 saturated heterocycles. The van der Waals surface area contributed by atoms with Crippen molar-refractivity contribution in [3.63, 3.8) is 0 Å². The predicted molar refractivity (Wildman–Crippen MR) is 76.2 cm³/mol. The van der Waals surface area contributed by atoms with Crippen LogP contribution in [0, 0.1) is 13.8 Å². The van der Waals surface area contributed by atoms with Crippen LogP contribution in [0.4, 0.5) is 0 Å². The van der Waals surface area contributed by atoms with E-state index < -0.39 is 0 Å². The molecule has 0 aliphatic heterocycles. The van der Waals surface area contributed by atoms with Crippen molar-refractivity contribution in [2.24, 2.45) is 0 Å². The van der Waals surface area contributed by atoms with Gasteiger partial charge < -0.3 is 4.57 Å². The zero-order chi connectivity index (χ0) is 13.1. The lowest BCUT2D eigenvalue weighted by Gasteiger charge is -2.17. The number of hydrogen-bond donors (Lipinski definition) is 0. The van der Waals surface area contributed by atoms with Crippen molar-refractivity contribution in [2.45, 2.75) is 45.6 Å². The van der Waals surface area contributed by atoms with Crippen molar-refractivity contribution >= 4 is 23.5 Å². The van der Waals surface area contributed by atoms with Crippen LogP contribution in [0.3, 0.4) is 0 Å². The van der Waals surface area contributed by atoms with Gasteiger partial charge in [0.2, 0.25) is 0 Å². The highest BCUT2D eigenvalue weighted by Crippen LogP contribution is 2.33. The minimum Gasteiger partial charge on any atom is -0.346 e. The monoisotopic (exact) mass is 265 g/mol. The van der Waals surface area contributed by atoms with Crippen molar-refractivity contribution in [3.05, 3.63) is 29.1 Å². The van der Waals surface area contributed by atoms with Gasteiger partial charge in [-0.05, 0) is 50.5 Å². The average Bonchev–Trinajstić information content (AvgIpc) is 2.95. The molecule has 1 aromatic heterocycles. The summed E-state index contributed by atoms with van der Waals surface area (Å²) in [4.78, 5) is 11.2. The van der Waals surface area contributed by atoms with Gasteiger partial charge in [-0.2, -0.15) is 0 Å². The number of rotatable bonds is 4. The maximum Gasteiger partial charge on any atom is 0.170 e. The molecule has 0 unspecified atom stereocenters. The van der Waals surface area contributed by atoms with Crippen LogP contribution in [0.25, 0.3) is 6.08 Å². The molecule has 0 spiro atoms. The van der Waals surface area contributed by atoms with Crippen LogP contribution < -0.4 is 0 Å². The largest absolute Gasteiger partial charge is 0.346 e. The highest BCUT2D eigenvalue weighted by molar-refractivity contribution is 6.29. The third-order valence-electron chi connectivity index (χ3n) is 3.79. The van der Waals surface area contributed by atoms with Gasteiger partial charge in [0.1, 0.15) is 0 Å². The number of alkyl halides is 1. The van der Waals surface area contributed by atoms with Gasteiger partial charge in [-0.15, -0.1) is 11.6 Å². The minimum absolute atomic E-state index is 0.0395. The molecule has 0 aromatic carbocycles. The van der Waals surface area contributed by atoms with E-state index in [4.69, 9.17) is 11.6 Å². The fraction of sp³-hybridized carbons (Fsp3) is 0.533. The summed E-state index contributed by atoms with van der Waals surface area (Å²) in [5, 5.41) is 0. The van der Waals surface area contributed by atoms with Crippen molar-refractivity contribution in [2.75, 3.05) is 5.88 Å². The van der Waals surface area contributed by atoms with E-state index >= 15 is 0 Å². The predicted octanol–water partition coefficient (Wildman–Crippen LogP) is 4.04. The van der Waals surface area contributed by atoms with E-state index in [-0.39, 0.29) is 11.7 Å². The Balaban J connectivity index is 2.25. The lowest BCUT2D eigenvalue weighted by atomic mass is 10.2. The topological polar surface area (TPSA) is 22.0 Å². The Morgan fingerprint density at radius 1 is 1.44 bits per heavy atom. The summed E-state index contributed by atoms with van der Waals surface area (Å²) in [7, 11) is 0. The molecule has 1 saturated carbocycles. The highest BCUT2D eigenvalue weighted by Gasteiger charge is 2.20. The number of halogens is 1. The van der Waals surface area contributed by atoms with Crippen molar-refractivity contribution in [1.82, 2.24) is 4.57 Å². The molecule has 0 atom stereocenters. The molecule has 0 radical (unpaired) electrons. The fourth-order valence-electron chi connectivity index (χ4n) is 2.92. The molecule has 0 N–H and O–H groups in total. The number of allylic oxidation sites excluding steroid dienone is 1. The van der Waals surface area contributed by atoms with Crippen LogP contribution in [-0.4, -0.2) is 16.2 Å². The molecule has 2 rings (SSSR count). The number of hydrogen-bond acceptors (Lipinski definition) is 1. The Labute approximate surface area is 114 Å². The number of carbonyl (C=O) groups excluding carboxylic acids is 1. The molecule has 1 aliphatic rings. The number of ketones is 1. The van der Waals surface area contributed by atoms with E-state index in [1.807, 2.05) is 6.08 Å². The number of aryl methyl sites for hydroxylation is 1. The smallest absolute Gasteiger partial charge is 0.170 e. The molecular weight excluding hydrogens is 246 g/mol. The summed E-state index contributed by atoms with van der Waals surface area (Å²) in [5.41, 5.74) is 3.69. The van der Waals surface area contributed by atoms with E-state index in [0.717, 1.165) is 5.56 Å². The lowest BCUT2D eigenvalue weighted by Crippen LogP contribution is -2.08. The fourth-order valence-corrected chi connectivity index (χ4v) is 3.01. The molecule has 3 heteroatoms. The summed E-state index contributed by atoms with van der Waals surface area (Å²) in [5.74, 6) is 0.0139. The zero-order valence-electron chi connectivity index (χ0n) is 11.1. The van der Waals surface area contributed by atoms with Gasteiger partial charge in [0, 0.05) is 17.4 Å². The first kappa shape index (κ1) is 13.4. The van der Waals surface area contributed by atoms with Crippen LogP contribution in [0.2, 0.25) is 0 Å². The summed E-state index contributed by atoms with van der Waals surface area (Å²) in [6.07, 6.45) is 8.68. The van der Waals surface area contributed by atoms with Gasteiger partial charge in [0.05, 0.1) is 5.88 Å². The van der Waals surface area contributed by atoms with Gasteiger partial charge >= 0.3 is 0 Å². The molecular formula is C15H20ClNO. The molecule has 1 heterocycles. The zero-order valence-corrected chi connectivity index (χ0v) is 11.8. The van der Waals surface area contributed by atoms with Crippen LogP contribution in [0.5, 0.6) is 0 Å². The van der Waals surface area contributed by atoms with Crippen molar-refractivity contribution < 1.29 is 4.79 Å². The second kappa shape index (κ2) is 5.75. The van der Waals surface area contributed by atoms with Gasteiger partial charge in [-0.1, -0.05) is 12.8 Å². The minimum atomic E-state index is -0.0395. The molecule has 1 aromatic rings. The Morgan fingerprint density at radius 2 is 2.11 bits per heavy atom. The van der Waals surface area contributed by atoms with E-state index in [2.05, 4.69) is 24.5 Å². The third kappa shape index (κ3) is 2.69. The SMILES string of the molecule is Cc1cc(/C=C/C(=O)CCl)c(C)n1C1CCCC1. The van der Waals surface area contributed by atoms with Crippen molar-refractivity contribution in [1.29, 1.82) is 0 Å². The summed E-state index contributed by atoms with van der Waals surface area (Å²) in [6, 6.07) is 2.81. The lowest BCUT2D eigenvalue weighted by molar-refractivity contribution is -0.112. The van der Waals surface area contributed by atoms with E-state index in [1.54, 1.807) is 6.08 Å². The molecule has 98 valence electrons. The normalized spacial score (nSPS) is 16.8. The standard InChI is InChI=1S/C15H20ClNO/c1-11-9-13(7-8-15(18)10-16)12(2)17(11)14-5-3-4-6-14/h7-9,14H,3-6,10H2,1-2H3/b8-7+. The van der Waals surface area contributed by atoms with Crippen LogP contribution in [0.15, 0.2) is 12.1 Å². The van der Waals surface area contributed by atoms with Crippen LogP contribution in [-0.2, 0) is 4.79 Å². The Bertz CT molecular complexity index is 467. The Hall–Kier alpha value is -1.02. The Morgan fingerprint density at radius 3 is 2.72 bits per heavy atom. The van der Waals surface area contributed by atoms with Crippen LogP contribution >= 0.6 is 11.6 Å². The van der Waals surface area contributed by atoms with Gasteiger partial charge in [0.25, 0.3) is 0 Å². The average molecular weight is 266 g/mol. The van der Waals surface area contributed by atoms with Gasteiger partial charge in [-0.25, -0.2) is 0 Å². The number of aromatic nitrogens is 1. The second-order valence-electron chi connectivity index (χ2n) is 5.07. The summed E-state index contributed by atoms with van der Waals surface area (Å²) >= 11 is 5.49. The van der Waals surface area contributed by atoms with Gasteiger partial charge in [-0.3, -0.25) is 4.79 Å². The molecule has 0 amide bonds. The number of nitrogens with zero attached hydrogens (tertiary/aromatic N) is 1. The summed E-state index contributed by atoms with van der Waals surface area (Å²) < 4.78 is 2.43. The highest BCUT2D eigenvalue weighted by atomic mass is 35.5. The second-order valence-corrected chi connectivity index (χ2v) is 5.34. The maximum absolute atomic E-state index is 11.2. The first-order valence-electron chi connectivity index (χ1n) is 6.58. The molecule has 0 bridgehead atoms. The first-order valence-corrected chi connectivity index (χ1v) is 7.12. The van der Waals surface area contributed by atoms with Crippen molar-refractivity contribution in [3.8, 4) is 0 Å². The van der Waals surface area contributed by atoms with E-state index in [9.17, 15) is 4.79 Å². The third-order valence-corrected chi connectivity index (χ3v) is 4.06.